The maximum Gasteiger partial charge on any atom is 0.344 e. The van der Waals surface area contributed by atoms with Crippen molar-refractivity contribution in [3.05, 3.63) is 91.9 Å². The van der Waals surface area contributed by atoms with Gasteiger partial charge in [-0.1, -0.05) is 18.2 Å². The molecular weight excluding hydrogens is 522 g/mol. The van der Waals surface area contributed by atoms with E-state index in [0.29, 0.717) is 21.2 Å². The van der Waals surface area contributed by atoms with Gasteiger partial charge in [0.05, 0.1) is 23.8 Å². The third-order valence-corrected chi connectivity index (χ3v) is 5.25. The number of ether oxygens (including phenoxy) is 3. The molecule has 0 spiro atoms. The molecule has 0 saturated carbocycles. The molecule has 0 aromatic heterocycles. The summed E-state index contributed by atoms with van der Waals surface area (Å²) in [5, 5.41) is 15.0. The van der Waals surface area contributed by atoms with E-state index >= 15 is 0 Å². The Morgan fingerprint density at radius 2 is 1.83 bits per heavy atom. The van der Waals surface area contributed by atoms with E-state index in [-0.39, 0.29) is 22.9 Å². The standard InChI is InChI=1S/C24H20BrN3O7/c1-15-7-9-20(19(11-15)28(31)32)34-14-23(29)27-26-13-16-8-10-21(22(12-16)33-2)35-24(30)17-5-3-4-6-18(17)25/h3-13H,14H2,1-2H3,(H,27,29)/b26-13+. The summed E-state index contributed by atoms with van der Waals surface area (Å²) in [6, 6.07) is 16.0. The third kappa shape index (κ3) is 6.87. The highest BCUT2D eigenvalue weighted by Gasteiger charge is 2.17. The van der Waals surface area contributed by atoms with Gasteiger partial charge in [-0.2, -0.15) is 5.10 Å². The molecule has 3 aromatic carbocycles. The van der Waals surface area contributed by atoms with Gasteiger partial charge in [0.25, 0.3) is 5.91 Å². The van der Waals surface area contributed by atoms with Crippen LogP contribution < -0.4 is 19.6 Å². The number of hydrogen-bond acceptors (Lipinski definition) is 8. The molecule has 0 bridgehead atoms. The number of carbonyl (C=O) groups excluding carboxylic acids is 2. The summed E-state index contributed by atoms with van der Waals surface area (Å²) in [7, 11) is 1.43. The second kappa shape index (κ2) is 11.7. The maximum atomic E-state index is 12.4. The minimum atomic E-state index is -0.609. The molecular formula is C24H20BrN3O7. The van der Waals surface area contributed by atoms with Crippen LogP contribution in [0.3, 0.4) is 0 Å². The SMILES string of the molecule is COc1cc(/C=N/NC(=O)COc2ccc(C)cc2[N+](=O)[O-])ccc1OC(=O)c1ccccc1Br. The van der Waals surface area contributed by atoms with Crippen LogP contribution in [0.15, 0.2) is 70.2 Å². The van der Waals surface area contributed by atoms with E-state index < -0.39 is 23.4 Å². The summed E-state index contributed by atoms with van der Waals surface area (Å²) in [6.45, 7) is 1.25. The van der Waals surface area contributed by atoms with E-state index in [9.17, 15) is 19.7 Å². The molecule has 11 heteroatoms. The Morgan fingerprint density at radius 1 is 1.09 bits per heavy atom. The number of methoxy groups -OCH3 is 1. The lowest BCUT2D eigenvalue weighted by Crippen LogP contribution is -2.24. The summed E-state index contributed by atoms with van der Waals surface area (Å²) in [6.07, 6.45) is 1.36. The van der Waals surface area contributed by atoms with Crippen LogP contribution in [0.4, 0.5) is 5.69 Å². The molecule has 3 aromatic rings. The number of halogens is 1. The molecule has 0 heterocycles. The molecule has 0 radical (unpaired) electrons. The average molecular weight is 542 g/mol. The van der Waals surface area contributed by atoms with Gasteiger partial charge in [0.15, 0.2) is 23.9 Å². The molecule has 0 aliphatic heterocycles. The number of benzene rings is 3. The number of hydrazone groups is 1. The van der Waals surface area contributed by atoms with Crippen molar-refractivity contribution >= 4 is 39.7 Å². The number of amides is 1. The first-order valence-electron chi connectivity index (χ1n) is 10.1. The Hall–Kier alpha value is -4.25. The average Bonchev–Trinajstić information content (AvgIpc) is 2.84. The van der Waals surface area contributed by atoms with E-state index in [2.05, 4.69) is 26.5 Å². The van der Waals surface area contributed by atoms with Gasteiger partial charge in [-0.3, -0.25) is 14.9 Å². The van der Waals surface area contributed by atoms with Crippen LogP contribution in [-0.4, -0.2) is 36.7 Å². The zero-order chi connectivity index (χ0) is 25.4. The topological polar surface area (TPSA) is 129 Å². The van der Waals surface area contributed by atoms with E-state index in [1.165, 1.54) is 31.5 Å². The summed E-state index contributed by atoms with van der Waals surface area (Å²) >= 11 is 3.31. The van der Waals surface area contributed by atoms with Crippen LogP contribution in [0.5, 0.6) is 17.2 Å². The van der Waals surface area contributed by atoms with Gasteiger partial charge >= 0.3 is 11.7 Å². The third-order valence-electron chi connectivity index (χ3n) is 4.56. The van der Waals surface area contributed by atoms with Crippen molar-refractivity contribution in [1.29, 1.82) is 0 Å². The van der Waals surface area contributed by atoms with Gasteiger partial charge in [-0.05, 0) is 70.4 Å². The Kier molecular flexibility index (Phi) is 8.52. The number of rotatable bonds is 9. The van der Waals surface area contributed by atoms with Crippen molar-refractivity contribution < 1.29 is 28.7 Å². The largest absolute Gasteiger partial charge is 0.493 e. The first kappa shape index (κ1) is 25.4. The van der Waals surface area contributed by atoms with Crippen LogP contribution >= 0.6 is 15.9 Å². The van der Waals surface area contributed by atoms with Gasteiger partial charge in [0.1, 0.15) is 0 Å². The molecule has 1 amide bonds. The number of aryl methyl sites for hydroxylation is 1. The molecule has 0 aliphatic carbocycles. The van der Waals surface area contributed by atoms with Gasteiger partial charge in [0.2, 0.25) is 0 Å². The lowest BCUT2D eigenvalue weighted by atomic mass is 10.2. The number of esters is 1. The second-order valence-electron chi connectivity index (χ2n) is 7.09. The van der Waals surface area contributed by atoms with Crippen molar-refractivity contribution in [1.82, 2.24) is 5.43 Å². The quantitative estimate of drug-likeness (QED) is 0.139. The van der Waals surface area contributed by atoms with Crippen LogP contribution in [-0.2, 0) is 4.79 Å². The lowest BCUT2D eigenvalue weighted by Gasteiger charge is -2.10. The highest BCUT2D eigenvalue weighted by Crippen LogP contribution is 2.29. The summed E-state index contributed by atoms with van der Waals surface area (Å²) < 4.78 is 16.6. The number of carbonyl (C=O) groups is 2. The van der Waals surface area contributed by atoms with Crippen LogP contribution in [0.25, 0.3) is 0 Å². The zero-order valence-corrected chi connectivity index (χ0v) is 20.3. The minimum Gasteiger partial charge on any atom is -0.493 e. The van der Waals surface area contributed by atoms with Crippen LogP contribution in [0.1, 0.15) is 21.5 Å². The fraction of sp³-hybridized carbons (Fsp3) is 0.125. The molecule has 1 N–H and O–H groups in total. The number of nitrogens with zero attached hydrogens (tertiary/aromatic N) is 2. The molecule has 10 nitrogen and oxygen atoms in total. The lowest BCUT2D eigenvalue weighted by molar-refractivity contribution is -0.385. The smallest absolute Gasteiger partial charge is 0.344 e. The van der Waals surface area contributed by atoms with Gasteiger partial charge in [-0.25, -0.2) is 10.2 Å². The monoisotopic (exact) mass is 541 g/mol. The fourth-order valence-corrected chi connectivity index (χ4v) is 3.32. The molecule has 3 rings (SSSR count). The predicted molar refractivity (Wildman–Crippen MR) is 131 cm³/mol. The van der Waals surface area contributed by atoms with E-state index in [1.54, 1.807) is 49.4 Å². The molecule has 0 saturated heterocycles. The summed E-state index contributed by atoms with van der Waals surface area (Å²) in [4.78, 5) is 35.0. The summed E-state index contributed by atoms with van der Waals surface area (Å²) in [5.74, 6) is -0.685. The molecule has 0 fully saturated rings. The highest BCUT2D eigenvalue weighted by atomic mass is 79.9. The number of nitro groups is 1. The van der Waals surface area contributed by atoms with Crippen molar-refractivity contribution in [3.8, 4) is 17.2 Å². The minimum absolute atomic E-state index is 0.0165. The van der Waals surface area contributed by atoms with Crippen LogP contribution in [0, 0.1) is 17.0 Å². The molecule has 0 aliphatic rings. The van der Waals surface area contributed by atoms with Crippen molar-refractivity contribution in [3.63, 3.8) is 0 Å². The Bertz CT molecular complexity index is 1290. The van der Waals surface area contributed by atoms with E-state index in [4.69, 9.17) is 14.2 Å². The van der Waals surface area contributed by atoms with E-state index in [1.807, 2.05) is 0 Å². The molecule has 0 atom stereocenters. The zero-order valence-electron chi connectivity index (χ0n) is 18.7. The normalized spacial score (nSPS) is 10.6. The maximum absolute atomic E-state index is 12.4. The number of hydrogen-bond donors (Lipinski definition) is 1. The number of nitrogens with one attached hydrogen (secondary N) is 1. The summed E-state index contributed by atoms with van der Waals surface area (Å²) in [5.41, 5.74) is 3.66. The van der Waals surface area contributed by atoms with E-state index in [0.717, 1.165) is 0 Å². The molecule has 0 unspecified atom stereocenters. The van der Waals surface area contributed by atoms with Gasteiger partial charge < -0.3 is 14.2 Å². The predicted octanol–water partition coefficient (Wildman–Crippen LogP) is 4.42. The van der Waals surface area contributed by atoms with Crippen molar-refractivity contribution in [2.45, 2.75) is 6.92 Å². The van der Waals surface area contributed by atoms with Crippen LogP contribution in [0.2, 0.25) is 0 Å². The first-order valence-corrected chi connectivity index (χ1v) is 10.9. The molecule has 180 valence electrons. The first-order chi connectivity index (χ1) is 16.8. The van der Waals surface area contributed by atoms with Crippen molar-refractivity contribution in [2.75, 3.05) is 13.7 Å². The fourth-order valence-electron chi connectivity index (χ4n) is 2.88. The Labute approximate surface area is 208 Å². The second-order valence-corrected chi connectivity index (χ2v) is 7.94. The molecule has 35 heavy (non-hydrogen) atoms. The highest BCUT2D eigenvalue weighted by molar-refractivity contribution is 9.10. The van der Waals surface area contributed by atoms with Gasteiger partial charge in [-0.15, -0.1) is 0 Å². The Morgan fingerprint density at radius 3 is 2.54 bits per heavy atom. The van der Waals surface area contributed by atoms with Crippen molar-refractivity contribution in [2.24, 2.45) is 5.10 Å². The van der Waals surface area contributed by atoms with Gasteiger partial charge in [0, 0.05) is 10.5 Å². The Balaban J connectivity index is 1.59. The number of nitro benzene ring substituents is 1.